The number of amides is 1. The molecule has 0 radical (unpaired) electrons. The molecule has 6 nitrogen and oxygen atoms in total. The Morgan fingerprint density at radius 3 is 3.12 bits per heavy atom. The van der Waals surface area contributed by atoms with Gasteiger partial charge in [-0.2, -0.15) is 0 Å². The number of hydrogen-bond donors (Lipinski definition) is 1. The van der Waals surface area contributed by atoms with Gasteiger partial charge in [-0.1, -0.05) is 0 Å². The largest absolute Gasteiger partial charge is 0.394 e. The Balaban J connectivity index is 1.80. The number of rotatable bonds is 1. The van der Waals surface area contributed by atoms with Crippen LogP contribution in [-0.4, -0.2) is 46.5 Å². The molecule has 2 fully saturated rings. The van der Waals surface area contributed by atoms with Crippen LogP contribution in [0.4, 0.5) is 11.5 Å². The van der Waals surface area contributed by atoms with Crippen molar-refractivity contribution in [1.29, 1.82) is 0 Å². The number of nitrogens with two attached hydrogens (primary N) is 1. The predicted octanol–water partition coefficient (Wildman–Crippen LogP) is -0.130. The van der Waals surface area contributed by atoms with Gasteiger partial charge in [0.15, 0.2) is 5.82 Å². The third kappa shape index (κ3) is 1.69. The molecule has 0 saturated carbocycles. The average Bonchev–Trinajstić information content (AvgIpc) is 2.71. The van der Waals surface area contributed by atoms with Crippen molar-refractivity contribution in [3.05, 3.63) is 12.5 Å². The number of piperazine rings is 1. The Hall–Kier alpha value is -1.85. The van der Waals surface area contributed by atoms with E-state index in [4.69, 9.17) is 5.73 Å². The lowest BCUT2D eigenvalue weighted by molar-refractivity contribution is -0.129. The molecule has 6 heteroatoms. The lowest BCUT2D eigenvalue weighted by Crippen LogP contribution is -2.51. The highest BCUT2D eigenvalue weighted by Crippen LogP contribution is 2.27. The highest BCUT2D eigenvalue weighted by Gasteiger charge is 2.36. The van der Waals surface area contributed by atoms with Crippen molar-refractivity contribution < 1.29 is 4.79 Å². The molecule has 2 aliphatic heterocycles. The summed E-state index contributed by atoms with van der Waals surface area (Å²) >= 11 is 0. The van der Waals surface area contributed by atoms with E-state index >= 15 is 0 Å². The zero-order chi connectivity index (χ0) is 11.8. The molecule has 1 amide bonds. The third-order valence-corrected chi connectivity index (χ3v) is 3.51. The second-order valence-electron chi connectivity index (χ2n) is 4.53. The Labute approximate surface area is 99.4 Å². The number of nitrogen functional groups attached to an aromatic ring is 1. The van der Waals surface area contributed by atoms with Gasteiger partial charge in [-0.3, -0.25) is 4.79 Å². The number of nitrogens with zero attached hydrogens (tertiary/aromatic N) is 4. The molecular formula is C11H15N5O. The maximum Gasteiger partial charge on any atom is 0.223 e. The van der Waals surface area contributed by atoms with Gasteiger partial charge in [0.05, 0.1) is 11.9 Å². The Morgan fingerprint density at radius 2 is 2.29 bits per heavy atom. The molecule has 1 aromatic heterocycles. The van der Waals surface area contributed by atoms with E-state index < -0.39 is 0 Å². The van der Waals surface area contributed by atoms with Gasteiger partial charge in [-0.05, 0) is 6.42 Å². The molecule has 0 spiro atoms. The van der Waals surface area contributed by atoms with Gasteiger partial charge in [0.1, 0.15) is 6.33 Å². The van der Waals surface area contributed by atoms with Crippen molar-refractivity contribution in [2.45, 2.75) is 18.9 Å². The van der Waals surface area contributed by atoms with Gasteiger partial charge < -0.3 is 15.5 Å². The molecule has 0 aromatic carbocycles. The van der Waals surface area contributed by atoms with Gasteiger partial charge in [0, 0.05) is 32.1 Å². The third-order valence-electron chi connectivity index (χ3n) is 3.51. The molecule has 2 N–H and O–H groups in total. The summed E-state index contributed by atoms with van der Waals surface area (Å²) < 4.78 is 0. The van der Waals surface area contributed by atoms with Crippen molar-refractivity contribution in [2.24, 2.45) is 0 Å². The van der Waals surface area contributed by atoms with Crippen LogP contribution in [0.3, 0.4) is 0 Å². The molecule has 0 aliphatic carbocycles. The zero-order valence-electron chi connectivity index (χ0n) is 9.54. The minimum absolute atomic E-state index is 0.283. The number of carbonyl (C=O) groups excluding carboxylic acids is 1. The van der Waals surface area contributed by atoms with Crippen molar-refractivity contribution in [3.8, 4) is 0 Å². The molecule has 2 saturated heterocycles. The average molecular weight is 233 g/mol. The van der Waals surface area contributed by atoms with E-state index in [1.54, 1.807) is 6.20 Å². The molecule has 3 rings (SSSR count). The van der Waals surface area contributed by atoms with E-state index in [2.05, 4.69) is 14.9 Å². The van der Waals surface area contributed by atoms with Crippen LogP contribution < -0.4 is 10.6 Å². The molecule has 3 heterocycles. The summed E-state index contributed by atoms with van der Waals surface area (Å²) in [6.45, 7) is 2.39. The maximum absolute atomic E-state index is 11.6. The first kappa shape index (κ1) is 10.3. The molecule has 0 bridgehead atoms. The first-order valence-corrected chi connectivity index (χ1v) is 5.85. The minimum atomic E-state index is 0.283. The number of anilines is 2. The summed E-state index contributed by atoms with van der Waals surface area (Å²) in [6.07, 6.45) is 4.75. The Bertz CT molecular complexity index is 449. The van der Waals surface area contributed by atoms with Crippen LogP contribution >= 0.6 is 0 Å². The fourth-order valence-electron chi connectivity index (χ4n) is 2.65. The van der Waals surface area contributed by atoms with E-state index in [9.17, 15) is 4.79 Å². The molecule has 1 aromatic rings. The summed E-state index contributed by atoms with van der Waals surface area (Å²) in [5.74, 6) is 1.07. The molecule has 1 atom stereocenters. The highest BCUT2D eigenvalue weighted by atomic mass is 16.2. The van der Waals surface area contributed by atoms with E-state index in [0.29, 0.717) is 18.2 Å². The maximum atomic E-state index is 11.6. The van der Waals surface area contributed by atoms with Crippen LogP contribution in [0.15, 0.2) is 12.5 Å². The molecule has 2 aliphatic rings. The quantitative estimate of drug-likeness (QED) is 0.731. The van der Waals surface area contributed by atoms with Crippen LogP contribution in [0, 0.1) is 0 Å². The van der Waals surface area contributed by atoms with Crippen LogP contribution in [0.1, 0.15) is 12.8 Å². The van der Waals surface area contributed by atoms with Crippen molar-refractivity contribution in [1.82, 2.24) is 14.9 Å². The normalized spacial score (nSPS) is 24.0. The van der Waals surface area contributed by atoms with E-state index in [1.165, 1.54) is 6.33 Å². The number of hydrogen-bond acceptors (Lipinski definition) is 5. The lowest BCUT2D eigenvalue weighted by atomic mass is 10.1. The monoisotopic (exact) mass is 233 g/mol. The van der Waals surface area contributed by atoms with Crippen LogP contribution in [-0.2, 0) is 4.79 Å². The summed E-state index contributed by atoms with van der Waals surface area (Å²) in [7, 11) is 0. The lowest BCUT2D eigenvalue weighted by Gasteiger charge is -2.38. The first-order chi connectivity index (χ1) is 8.25. The highest BCUT2D eigenvalue weighted by molar-refractivity contribution is 5.79. The summed E-state index contributed by atoms with van der Waals surface area (Å²) in [4.78, 5) is 23.8. The predicted molar refractivity (Wildman–Crippen MR) is 63.4 cm³/mol. The van der Waals surface area contributed by atoms with Gasteiger partial charge in [0.25, 0.3) is 0 Å². The van der Waals surface area contributed by atoms with E-state index in [1.807, 2.05) is 4.90 Å². The summed E-state index contributed by atoms with van der Waals surface area (Å²) in [5.41, 5.74) is 6.47. The van der Waals surface area contributed by atoms with Crippen LogP contribution in [0.2, 0.25) is 0 Å². The summed E-state index contributed by atoms with van der Waals surface area (Å²) in [5, 5.41) is 0. The Kier molecular flexibility index (Phi) is 2.35. The van der Waals surface area contributed by atoms with Gasteiger partial charge >= 0.3 is 0 Å². The van der Waals surface area contributed by atoms with Gasteiger partial charge in [-0.25, -0.2) is 9.97 Å². The Morgan fingerprint density at radius 1 is 1.41 bits per heavy atom. The SMILES string of the molecule is Nc1cncnc1N1CCN2C(=O)CCC2C1. The van der Waals surface area contributed by atoms with Crippen LogP contribution in [0.25, 0.3) is 0 Å². The summed E-state index contributed by atoms with van der Waals surface area (Å²) in [6, 6.07) is 0.325. The fraction of sp³-hybridized carbons (Fsp3) is 0.545. The van der Waals surface area contributed by atoms with Crippen molar-refractivity contribution >= 4 is 17.4 Å². The molecule has 90 valence electrons. The smallest absolute Gasteiger partial charge is 0.223 e. The second-order valence-corrected chi connectivity index (χ2v) is 4.53. The topological polar surface area (TPSA) is 75.3 Å². The van der Waals surface area contributed by atoms with E-state index in [0.717, 1.165) is 31.9 Å². The molecule has 1 unspecified atom stereocenters. The minimum Gasteiger partial charge on any atom is -0.394 e. The van der Waals surface area contributed by atoms with Crippen molar-refractivity contribution in [2.75, 3.05) is 30.3 Å². The number of fused-ring (bicyclic) bond motifs is 1. The fourth-order valence-corrected chi connectivity index (χ4v) is 2.65. The van der Waals surface area contributed by atoms with Crippen molar-refractivity contribution in [3.63, 3.8) is 0 Å². The zero-order valence-corrected chi connectivity index (χ0v) is 9.54. The molecular weight excluding hydrogens is 218 g/mol. The molecule has 17 heavy (non-hydrogen) atoms. The van der Waals surface area contributed by atoms with Crippen LogP contribution in [0.5, 0.6) is 0 Å². The first-order valence-electron chi connectivity index (χ1n) is 5.85. The van der Waals surface area contributed by atoms with Gasteiger partial charge in [0.2, 0.25) is 5.91 Å². The number of carbonyl (C=O) groups is 1. The van der Waals surface area contributed by atoms with E-state index in [-0.39, 0.29) is 5.91 Å². The standard InChI is InChI=1S/C11H15N5O/c12-9-5-13-7-14-11(9)15-3-4-16-8(6-15)1-2-10(16)17/h5,7-8H,1-4,6,12H2. The number of aromatic nitrogens is 2. The second kappa shape index (κ2) is 3.87. The van der Waals surface area contributed by atoms with Gasteiger partial charge in [-0.15, -0.1) is 0 Å².